The maximum atomic E-state index is 11.5. The first kappa shape index (κ1) is 20.6. The van der Waals surface area contributed by atoms with E-state index in [-0.39, 0.29) is 5.97 Å². The van der Waals surface area contributed by atoms with Crippen LogP contribution in [0.1, 0.15) is 36.5 Å². The molecule has 0 fully saturated rings. The molecule has 2 aromatic carbocycles. The number of ether oxygens (including phenoxy) is 2. The van der Waals surface area contributed by atoms with Crippen LogP contribution in [0.3, 0.4) is 0 Å². The van der Waals surface area contributed by atoms with Crippen LogP contribution in [0.25, 0.3) is 0 Å². The summed E-state index contributed by atoms with van der Waals surface area (Å²) in [6, 6.07) is 11.6. The lowest BCUT2D eigenvalue weighted by Gasteiger charge is -2.14. The average Bonchev–Trinajstić information content (AvgIpc) is 2.61. The molecule has 0 aliphatic rings. The Morgan fingerprint density at radius 1 is 1.04 bits per heavy atom. The Morgan fingerprint density at radius 3 is 2.54 bits per heavy atom. The van der Waals surface area contributed by atoms with Gasteiger partial charge in [-0.05, 0) is 67.5 Å². The second kappa shape index (κ2) is 10.4. The van der Waals surface area contributed by atoms with Crippen molar-refractivity contribution >= 4 is 29.2 Å². The molecule has 0 radical (unpaired) electrons. The minimum absolute atomic E-state index is 0.148. The fourth-order valence-electron chi connectivity index (χ4n) is 2.96. The quantitative estimate of drug-likeness (QED) is 0.513. The van der Waals surface area contributed by atoms with Crippen LogP contribution >= 0.6 is 23.2 Å². The topological polar surface area (TPSA) is 35.5 Å². The molecule has 0 aliphatic carbocycles. The zero-order valence-corrected chi connectivity index (χ0v) is 16.7. The number of methoxy groups -OCH3 is 1. The van der Waals surface area contributed by atoms with Gasteiger partial charge < -0.3 is 9.47 Å². The van der Waals surface area contributed by atoms with Crippen LogP contribution in [0.15, 0.2) is 36.4 Å². The molecule has 0 saturated heterocycles. The van der Waals surface area contributed by atoms with Gasteiger partial charge in [-0.3, -0.25) is 4.79 Å². The third kappa shape index (κ3) is 5.93. The molecule has 0 aromatic heterocycles. The number of rotatable bonds is 9. The molecule has 0 heterocycles. The molecule has 2 rings (SSSR count). The number of hydrogen-bond acceptors (Lipinski definition) is 3. The fraction of sp³-hybridized carbons (Fsp3) is 0.381. The van der Waals surface area contributed by atoms with Crippen molar-refractivity contribution in [3.05, 3.63) is 63.1 Å². The molecular formula is C21H24Cl2O3. The molecule has 0 N–H and O–H groups in total. The molecule has 0 spiro atoms. The van der Waals surface area contributed by atoms with E-state index < -0.39 is 0 Å². The summed E-state index contributed by atoms with van der Waals surface area (Å²) in [6.07, 6.45) is 3.58. The van der Waals surface area contributed by atoms with E-state index in [4.69, 9.17) is 32.7 Å². The van der Waals surface area contributed by atoms with Crippen molar-refractivity contribution < 1.29 is 14.3 Å². The van der Waals surface area contributed by atoms with Gasteiger partial charge in [0.05, 0.1) is 13.7 Å². The van der Waals surface area contributed by atoms with Gasteiger partial charge in [-0.1, -0.05) is 41.4 Å². The second-order valence-electron chi connectivity index (χ2n) is 5.99. The molecule has 5 heteroatoms. The van der Waals surface area contributed by atoms with Gasteiger partial charge in [0.25, 0.3) is 0 Å². The molecule has 0 atom stereocenters. The van der Waals surface area contributed by atoms with Gasteiger partial charge in [0.15, 0.2) is 0 Å². The van der Waals surface area contributed by atoms with Crippen molar-refractivity contribution in [2.24, 2.45) is 0 Å². The van der Waals surface area contributed by atoms with Gasteiger partial charge in [0, 0.05) is 16.5 Å². The van der Waals surface area contributed by atoms with Crippen LogP contribution in [0.5, 0.6) is 5.75 Å². The molecule has 0 amide bonds. The summed E-state index contributed by atoms with van der Waals surface area (Å²) >= 11 is 12.3. The zero-order chi connectivity index (χ0) is 18.9. The highest BCUT2D eigenvalue weighted by Gasteiger charge is 2.12. The molecule has 0 bridgehead atoms. The summed E-state index contributed by atoms with van der Waals surface area (Å²) in [7, 11) is 1.68. The average molecular weight is 395 g/mol. The summed E-state index contributed by atoms with van der Waals surface area (Å²) in [4.78, 5) is 11.5. The second-order valence-corrected chi connectivity index (χ2v) is 6.84. The maximum absolute atomic E-state index is 11.5. The minimum atomic E-state index is -0.148. The van der Waals surface area contributed by atoms with Crippen molar-refractivity contribution in [1.82, 2.24) is 0 Å². The summed E-state index contributed by atoms with van der Waals surface area (Å²) < 4.78 is 10.5. The molecule has 140 valence electrons. The highest BCUT2D eigenvalue weighted by molar-refractivity contribution is 6.35. The third-order valence-electron chi connectivity index (χ3n) is 4.24. The lowest BCUT2D eigenvalue weighted by Crippen LogP contribution is -2.05. The van der Waals surface area contributed by atoms with Crippen LogP contribution in [0.2, 0.25) is 10.0 Å². The van der Waals surface area contributed by atoms with Crippen LogP contribution in [0.4, 0.5) is 0 Å². The Kier molecular flexibility index (Phi) is 8.27. The van der Waals surface area contributed by atoms with Gasteiger partial charge >= 0.3 is 5.97 Å². The van der Waals surface area contributed by atoms with E-state index in [0.717, 1.165) is 42.6 Å². The number of halogens is 2. The van der Waals surface area contributed by atoms with Crippen molar-refractivity contribution in [2.45, 2.75) is 39.0 Å². The van der Waals surface area contributed by atoms with E-state index in [1.165, 1.54) is 5.56 Å². The molecule has 0 unspecified atom stereocenters. The Hall–Kier alpha value is -1.71. The van der Waals surface area contributed by atoms with Crippen LogP contribution in [-0.2, 0) is 28.8 Å². The Morgan fingerprint density at radius 2 is 1.85 bits per heavy atom. The third-order valence-corrected chi connectivity index (χ3v) is 4.83. The van der Waals surface area contributed by atoms with Gasteiger partial charge in [-0.2, -0.15) is 0 Å². The van der Waals surface area contributed by atoms with Gasteiger partial charge in [0.1, 0.15) is 5.75 Å². The fourth-order valence-corrected chi connectivity index (χ4v) is 3.46. The maximum Gasteiger partial charge on any atom is 0.305 e. The van der Waals surface area contributed by atoms with Gasteiger partial charge in [-0.15, -0.1) is 0 Å². The largest absolute Gasteiger partial charge is 0.496 e. The Labute approximate surface area is 165 Å². The molecular weight excluding hydrogens is 371 g/mol. The van der Waals surface area contributed by atoms with E-state index in [9.17, 15) is 4.79 Å². The van der Waals surface area contributed by atoms with E-state index >= 15 is 0 Å². The van der Waals surface area contributed by atoms with E-state index in [1.54, 1.807) is 13.2 Å². The van der Waals surface area contributed by atoms with Crippen LogP contribution in [-0.4, -0.2) is 19.7 Å². The monoisotopic (exact) mass is 394 g/mol. The molecule has 3 nitrogen and oxygen atoms in total. The standard InChI is InChI=1S/C21H24Cl2O3/c1-3-26-21(24)9-5-7-15-6-4-8-20(25-2)18(15)13-11-16-10-12-17(22)14-19(16)23/h4,6,8,10,12,14H,3,5,7,9,11,13H2,1-2H3. The molecule has 26 heavy (non-hydrogen) atoms. The number of carbonyl (C=O) groups excluding carboxylic acids is 1. The van der Waals surface area contributed by atoms with Crippen molar-refractivity contribution in [2.75, 3.05) is 13.7 Å². The summed E-state index contributed by atoms with van der Waals surface area (Å²) in [5, 5.41) is 1.31. The van der Waals surface area contributed by atoms with E-state index in [1.807, 2.05) is 31.2 Å². The highest BCUT2D eigenvalue weighted by atomic mass is 35.5. The van der Waals surface area contributed by atoms with Gasteiger partial charge in [0.2, 0.25) is 0 Å². The van der Waals surface area contributed by atoms with Crippen molar-refractivity contribution in [1.29, 1.82) is 0 Å². The first-order valence-electron chi connectivity index (χ1n) is 8.79. The smallest absolute Gasteiger partial charge is 0.305 e. The Balaban J connectivity index is 2.09. The predicted molar refractivity (Wildman–Crippen MR) is 106 cm³/mol. The number of carbonyl (C=O) groups is 1. The normalized spacial score (nSPS) is 10.6. The number of esters is 1. The summed E-state index contributed by atoms with van der Waals surface area (Å²) in [6.45, 7) is 2.24. The highest BCUT2D eigenvalue weighted by Crippen LogP contribution is 2.28. The summed E-state index contributed by atoms with van der Waals surface area (Å²) in [5.41, 5.74) is 3.41. The molecule has 0 aliphatic heterocycles. The zero-order valence-electron chi connectivity index (χ0n) is 15.2. The summed E-state index contributed by atoms with van der Waals surface area (Å²) in [5.74, 6) is 0.716. The molecule has 2 aromatic rings. The van der Waals surface area contributed by atoms with E-state index in [0.29, 0.717) is 23.1 Å². The lowest BCUT2D eigenvalue weighted by molar-refractivity contribution is -0.143. The van der Waals surface area contributed by atoms with Gasteiger partial charge in [-0.25, -0.2) is 0 Å². The first-order chi connectivity index (χ1) is 12.5. The minimum Gasteiger partial charge on any atom is -0.496 e. The SMILES string of the molecule is CCOC(=O)CCCc1cccc(OC)c1CCc1ccc(Cl)cc1Cl. The molecule has 0 saturated carbocycles. The van der Waals surface area contributed by atoms with Crippen LogP contribution in [0, 0.1) is 0 Å². The van der Waals surface area contributed by atoms with E-state index in [2.05, 4.69) is 6.07 Å². The number of aryl methyl sites for hydroxylation is 2. The number of benzene rings is 2. The predicted octanol–water partition coefficient (Wildman–Crippen LogP) is 5.67. The van der Waals surface area contributed by atoms with Crippen LogP contribution < -0.4 is 4.74 Å². The lowest BCUT2D eigenvalue weighted by atomic mass is 9.95. The van der Waals surface area contributed by atoms with Crippen molar-refractivity contribution in [3.8, 4) is 5.75 Å². The first-order valence-corrected chi connectivity index (χ1v) is 9.55. The Bertz CT molecular complexity index is 744. The number of hydrogen-bond donors (Lipinski definition) is 0. The van der Waals surface area contributed by atoms with Crippen molar-refractivity contribution in [3.63, 3.8) is 0 Å².